The summed E-state index contributed by atoms with van der Waals surface area (Å²) in [5.41, 5.74) is 3.46. The van der Waals surface area contributed by atoms with Gasteiger partial charge in [0.25, 0.3) is 5.91 Å². The highest BCUT2D eigenvalue weighted by atomic mass is 79.9. The van der Waals surface area contributed by atoms with E-state index in [4.69, 9.17) is 0 Å². The van der Waals surface area contributed by atoms with E-state index in [2.05, 4.69) is 31.3 Å². The Balaban J connectivity index is 1.72. The lowest BCUT2D eigenvalue weighted by Crippen LogP contribution is -2.15. The molecule has 5 nitrogen and oxygen atoms in total. The zero-order chi connectivity index (χ0) is 19.1. The molecule has 2 heterocycles. The molecule has 0 saturated heterocycles. The first-order valence-corrected chi connectivity index (χ1v) is 9.11. The Bertz CT molecular complexity index is 1160. The number of hydrogen-bond donors (Lipinski definition) is 2. The van der Waals surface area contributed by atoms with E-state index >= 15 is 0 Å². The Hall–Kier alpha value is -2.93. The first kappa shape index (κ1) is 17.5. The summed E-state index contributed by atoms with van der Waals surface area (Å²) in [6.45, 7) is 1.89. The average molecular weight is 427 g/mol. The van der Waals surface area contributed by atoms with Gasteiger partial charge >= 0.3 is 0 Å². The van der Waals surface area contributed by atoms with Gasteiger partial charge in [0.15, 0.2) is 0 Å². The topological polar surface area (TPSA) is 62.7 Å². The summed E-state index contributed by atoms with van der Waals surface area (Å²) in [4.78, 5) is 15.7. The number of fused-ring (bicyclic) bond motifs is 1. The monoisotopic (exact) mass is 426 g/mol. The zero-order valence-corrected chi connectivity index (χ0v) is 16.3. The lowest BCUT2D eigenvalue weighted by molar-refractivity contribution is 0.102. The third-order valence-corrected chi connectivity index (χ3v) is 4.97. The number of aromatic nitrogens is 3. The second kappa shape index (κ2) is 6.66. The summed E-state index contributed by atoms with van der Waals surface area (Å²) < 4.78 is 16.5. The van der Waals surface area contributed by atoms with Gasteiger partial charge in [-0.3, -0.25) is 9.48 Å². The van der Waals surface area contributed by atoms with Gasteiger partial charge in [0.2, 0.25) is 0 Å². The van der Waals surface area contributed by atoms with Gasteiger partial charge in [-0.15, -0.1) is 0 Å². The fraction of sp³-hybridized carbons (Fsp3) is 0.100. The molecule has 4 aromatic rings. The molecule has 136 valence electrons. The number of aryl methyl sites for hydroxylation is 2. The van der Waals surface area contributed by atoms with Crippen molar-refractivity contribution < 1.29 is 9.18 Å². The molecule has 0 aliphatic heterocycles. The molecular formula is C20H16BrFN4O. The Labute approximate surface area is 163 Å². The molecule has 7 heteroatoms. The molecule has 0 bridgehead atoms. The van der Waals surface area contributed by atoms with Gasteiger partial charge in [-0.05, 0) is 42.8 Å². The van der Waals surface area contributed by atoms with Crippen LogP contribution < -0.4 is 5.32 Å². The largest absolute Gasteiger partial charge is 0.350 e. The SMILES string of the molecule is Cc1nn(C)c(NC(=O)c2cc3c(F)cccc3[nH]2)c1-c1ccc(Br)cc1. The Kier molecular flexibility index (Phi) is 4.31. The molecule has 27 heavy (non-hydrogen) atoms. The van der Waals surface area contributed by atoms with E-state index in [9.17, 15) is 9.18 Å². The van der Waals surface area contributed by atoms with Crippen molar-refractivity contribution in [2.24, 2.45) is 7.05 Å². The van der Waals surface area contributed by atoms with Crippen molar-refractivity contribution in [3.05, 3.63) is 70.2 Å². The van der Waals surface area contributed by atoms with Crippen LogP contribution >= 0.6 is 15.9 Å². The fourth-order valence-electron chi connectivity index (χ4n) is 3.18. The van der Waals surface area contributed by atoms with Crippen LogP contribution in [0.25, 0.3) is 22.0 Å². The van der Waals surface area contributed by atoms with Crippen LogP contribution in [0.15, 0.2) is 53.0 Å². The Morgan fingerprint density at radius 2 is 1.96 bits per heavy atom. The number of H-pyrrole nitrogens is 1. The highest BCUT2D eigenvalue weighted by Crippen LogP contribution is 2.32. The van der Waals surface area contributed by atoms with Crippen molar-refractivity contribution in [2.75, 3.05) is 5.32 Å². The maximum Gasteiger partial charge on any atom is 0.273 e. The van der Waals surface area contributed by atoms with E-state index < -0.39 is 0 Å². The second-order valence-electron chi connectivity index (χ2n) is 6.28. The average Bonchev–Trinajstić information content (AvgIpc) is 3.19. The summed E-state index contributed by atoms with van der Waals surface area (Å²) in [5.74, 6) is -0.138. The molecule has 0 aliphatic rings. The number of hydrogen-bond acceptors (Lipinski definition) is 2. The molecule has 1 amide bonds. The summed E-state index contributed by atoms with van der Waals surface area (Å²) in [6, 6.07) is 14.0. The molecule has 4 rings (SSSR count). The molecule has 0 fully saturated rings. The minimum absolute atomic E-state index is 0.288. The van der Waals surface area contributed by atoms with E-state index in [0.717, 1.165) is 21.3 Å². The number of anilines is 1. The van der Waals surface area contributed by atoms with Crippen LogP contribution in [0.4, 0.5) is 10.2 Å². The van der Waals surface area contributed by atoms with Crippen LogP contribution in [0.3, 0.4) is 0 Å². The smallest absolute Gasteiger partial charge is 0.273 e. The lowest BCUT2D eigenvalue weighted by atomic mass is 10.1. The number of carbonyl (C=O) groups is 1. The van der Waals surface area contributed by atoms with Gasteiger partial charge in [0.1, 0.15) is 17.3 Å². The Morgan fingerprint density at radius 1 is 1.22 bits per heavy atom. The van der Waals surface area contributed by atoms with Crippen molar-refractivity contribution >= 4 is 38.6 Å². The summed E-state index contributed by atoms with van der Waals surface area (Å²) >= 11 is 3.43. The van der Waals surface area contributed by atoms with Crippen molar-refractivity contribution in [2.45, 2.75) is 6.92 Å². The number of rotatable bonds is 3. The van der Waals surface area contributed by atoms with Crippen molar-refractivity contribution in [1.82, 2.24) is 14.8 Å². The van der Waals surface area contributed by atoms with E-state index in [0.29, 0.717) is 16.7 Å². The van der Waals surface area contributed by atoms with Crippen molar-refractivity contribution in [1.29, 1.82) is 0 Å². The van der Waals surface area contributed by atoms with Crippen molar-refractivity contribution in [3.63, 3.8) is 0 Å². The first-order valence-electron chi connectivity index (χ1n) is 8.32. The molecule has 0 aliphatic carbocycles. The van der Waals surface area contributed by atoms with Gasteiger partial charge in [-0.25, -0.2) is 4.39 Å². The van der Waals surface area contributed by atoms with Crippen molar-refractivity contribution in [3.8, 4) is 11.1 Å². The third-order valence-electron chi connectivity index (χ3n) is 4.44. The van der Waals surface area contributed by atoms with Crippen LogP contribution in [0.5, 0.6) is 0 Å². The number of carbonyl (C=O) groups excluding carboxylic acids is 1. The quantitative estimate of drug-likeness (QED) is 0.482. The minimum atomic E-state index is -0.366. The number of nitrogens with one attached hydrogen (secondary N) is 2. The van der Waals surface area contributed by atoms with E-state index in [1.165, 1.54) is 12.1 Å². The second-order valence-corrected chi connectivity index (χ2v) is 7.19. The molecule has 0 saturated carbocycles. The van der Waals surface area contributed by atoms with Crippen LogP contribution in [0, 0.1) is 12.7 Å². The molecule has 0 atom stereocenters. The maximum atomic E-state index is 13.9. The van der Waals surface area contributed by atoms with Gasteiger partial charge in [-0.2, -0.15) is 5.10 Å². The maximum absolute atomic E-state index is 13.9. The van der Waals surface area contributed by atoms with Crippen LogP contribution in [0.2, 0.25) is 0 Å². The number of nitrogens with zero attached hydrogens (tertiary/aromatic N) is 2. The molecule has 0 spiro atoms. The van der Waals surface area contributed by atoms with E-state index in [-0.39, 0.29) is 17.4 Å². The number of halogens is 2. The number of amides is 1. The highest BCUT2D eigenvalue weighted by Gasteiger charge is 2.19. The predicted octanol–water partition coefficient (Wildman–Crippen LogP) is 5.03. The lowest BCUT2D eigenvalue weighted by Gasteiger charge is -2.08. The Morgan fingerprint density at radius 3 is 2.67 bits per heavy atom. The normalized spacial score (nSPS) is 11.1. The zero-order valence-electron chi connectivity index (χ0n) is 14.7. The highest BCUT2D eigenvalue weighted by molar-refractivity contribution is 9.10. The van der Waals surface area contributed by atoms with Gasteiger partial charge in [0, 0.05) is 28.0 Å². The van der Waals surface area contributed by atoms with Gasteiger partial charge < -0.3 is 10.3 Å². The number of aromatic amines is 1. The molecule has 2 aromatic heterocycles. The van der Waals surface area contributed by atoms with Gasteiger partial charge in [-0.1, -0.05) is 34.1 Å². The van der Waals surface area contributed by atoms with Crippen LogP contribution in [-0.4, -0.2) is 20.7 Å². The van der Waals surface area contributed by atoms with E-state index in [1.54, 1.807) is 23.9 Å². The van der Waals surface area contributed by atoms with Crippen LogP contribution in [0.1, 0.15) is 16.2 Å². The van der Waals surface area contributed by atoms with E-state index in [1.807, 2.05) is 31.2 Å². The molecule has 2 aromatic carbocycles. The summed E-state index contributed by atoms with van der Waals surface area (Å²) in [6.07, 6.45) is 0. The summed E-state index contributed by atoms with van der Waals surface area (Å²) in [5, 5.41) is 7.73. The standard InChI is InChI=1S/C20H16BrFN4O/c1-11-18(12-6-8-13(21)9-7-12)19(26(2)25-11)24-20(27)17-10-14-15(22)4-3-5-16(14)23-17/h3-10,23H,1-2H3,(H,24,27). The molecular weight excluding hydrogens is 411 g/mol. The van der Waals surface area contributed by atoms with Gasteiger partial charge in [0.05, 0.1) is 5.69 Å². The molecule has 2 N–H and O–H groups in total. The minimum Gasteiger partial charge on any atom is -0.350 e. The van der Waals surface area contributed by atoms with Crippen LogP contribution in [-0.2, 0) is 7.05 Å². The predicted molar refractivity (Wildman–Crippen MR) is 107 cm³/mol. The fourth-order valence-corrected chi connectivity index (χ4v) is 3.44. The number of benzene rings is 2. The molecule has 0 unspecified atom stereocenters. The summed E-state index contributed by atoms with van der Waals surface area (Å²) in [7, 11) is 1.77. The molecule has 0 radical (unpaired) electrons. The third kappa shape index (κ3) is 3.14. The first-order chi connectivity index (χ1) is 12.9.